The molecule has 0 unspecified atom stereocenters. The maximum Gasteiger partial charge on any atom is 0.256 e. The number of rotatable bonds is 7. The van der Waals surface area contributed by atoms with Crippen LogP contribution in [0.25, 0.3) is 27.7 Å². The van der Waals surface area contributed by atoms with Crippen molar-refractivity contribution in [3.63, 3.8) is 0 Å². The second-order valence-electron chi connectivity index (χ2n) is 7.53. The number of ether oxygens (including phenoxy) is 1. The van der Waals surface area contributed by atoms with Crippen LogP contribution in [0.3, 0.4) is 0 Å². The normalized spacial score (nSPS) is 17.9. The molecule has 0 aliphatic heterocycles. The molecule has 4 rings (SSSR count). The SMILES string of the molecule is [2H]C1([2H])Cc2c(-c3noc(-c4ccc(OC(C)C)c([N+]#[C-])c4)n3)cccc2[C@H]1NCCC. The molecule has 0 fully saturated rings. The monoisotopic (exact) mass is 404 g/mol. The summed E-state index contributed by atoms with van der Waals surface area (Å²) in [5.74, 6) is 1.24. The molecule has 1 aromatic heterocycles. The van der Waals surface area contributed by atoms with Crippen molar-refractivity contribution < 1.29 is 12.0 Å². The molecular weight excluding hydrogens is 376 g/mol. The van der Waals surface area contributed by atoms with E-state index in [1.54, 1.807) is 18.2 Å². The Kier molecular flexibility index (Phi) is 5.11. The number of nitrogens with zero attached hydrogens (tertiary/aromatic N) is 3. The maximum atomic E-state index is 8.52. The second-order valence-corrected chi connectivity index (χ2v) is 7.53. The average molecular weight is 405 g/mol. The summed E-state index contributed by atoms with van der Waals surface area (Å²) in [6.45, 7) is 14.1. The van der Waals surface area contributed by atoms with Gasteiger partial charge in [0.15, 0.2) is 0 Å². The molecule has 1 heterocycles. The number of hydrogen-bond donors (Lipinski definition) is 1. The summed E-state index contributed by atoms with van der Waals surface area (Å²) in [4.78, 5) is 8.12. The predicted octanol–water partition coefficient (Wildman–Crippen LogP) is 5.73. The first-order valence-corrected chi connectivity index (χ1v) is 10.2. The Morgan fingerprint density at radius 1 is 1.37 bits per heavy atom. The first kappa shape index (κ1) is 17.7. The van der Waals surface area contributed by atoms with Gasteiger partial charge in [0.05, 0.1) is 12.7 Å². The Morgan fingerprint density at radius 3 is 3.00 bits per heavy atom. The number of benzene rings is 2. The van der Waals surface area contributed by atoms with Gasteiger partial charge in [-0.2, -0.15) is 4.98 Å². The largest absolute Gasteiger partial charge is 0.502 e. The molecule has 154 valence electrons. The zero-order chi connectivity index (χ0) is 22.9. The van der Waals surface area contributed by atoms with Crippen molar-refractivity contribution in [2.75, 3.05) is 6.54 Å². The van der Waals surface area contributed by atoms with Gasteiger partial charge in [0.1, 0.15) is 5.75 Å². The molecule has 1 atom stereocenters. The number of fused-ring (bicyclic) bond motifs is 1. The molecule has 3 aromatic rings. The van der Waals surface area contributed by atoms with Crippen LogP contribution in [0.15, 0.2) is 40.9 Å². The molecule has 6 nitrogen and oxygen atoms in total. The van der Waals surface area contributed by atoms with Crippen molar-refractivity contribution >= 4 is 5.69 Å². The molecule has 1 N–H and O–H groups in total. The first-order valence-electron chi connectivity index (χ1n) is 11.2. The lowest BCUT2D eigenvalue weighted by Crippen LogP contribution is -2.19. The molecule has 0 bridgehead atoms. The van der Waals surface area contributed by atoms with Crippen molar-refractivity contribution in [3.05, 3.63) is 58.9 Å². The summed E-state index contributed by atoms with van der Waals surface area (Å²) < 4.78 is 28.2. The molecule has 0 spiro atoms. The molecular formula is C24H26N4O2. The number of nitrogens with one attached hydrogen (secondary N) is 1. The molecule has 0 saturated carbocycles. The van der Waals surface area contributed by atoms with Crippen molar-refractivity contribution in [1.29, 1.82) is 0 Å². The van der Waals surface area contributed by atoms with E-state index in [1.165, 1.54) is 0 Å². The Balaban J connectivity index is 1.68. The Labute approximate surface area is 179 Å². The number of hydrogen-bond acceptors (Lipinski definition) is 5. The van der Waals surface area contributed by atoms with E-state index in [0.29, 0.717) is 28.7 Å². The summed E-state index contributed by atoms with van der Waals surface area (Å²) in [5.41, 5.74) is 3.64. The van der Waals surface area contributed by atoms with Gasteiger partial charge in [0.25, 0.3) is 5.89 Å². The highest BCUT2D eigenvalue weighted by Crippen LogP contribution is 2.38. The third kappa shape index (κ3) is 3.94. The van der Waals surface area contributed by atoms with Gasteiger partial charge in [-0.05, 0) is 68.9 Å². The van der Waals surface area contributed by atoms with Crippen molar-refractivity contribution in [3.8, 4) is 28.6 Å². The summed E-state index contributed by atoms with van der Waals surface area (Å²) in [5, 5.41) is 7.50. The van der Waals surface area contributed by atoms with E-state index in [1.807, 2.05) is 32.0 Å². The highest BCUT2D eigenvalue weighted by molar-refractivity contribution is 5.70. The Hall–Kier alpha value is -3.17. The summed E-state index contributed by atoms with van der Waals surface area (Å²) >= 11 is 0. The highest BCUT2D eigenvalue weighted by atomic mass is 16.5. The summed E-state index contributed by atoms with van der Waals surface area (Å²) in [6.07, 6.45) is -0.207. The van der Waals surface area contributed by atoms with E-state index in [4.69, 9.17) is 18.6 Å². The summed E-state index contributed by atoms with van der Waals surface area (Å²) in [6, 6.07) is 10.6. The molecule has 30 heavy (non-hydrogen) atoms. The molecule has 0 radical (unpaired) electrons. The van der Waals surface area contributed by atoms with Crippen LogP contribution in [-0.2, 0) is 6.42 Å². The Bertz CT molecular complexity index is 1170. The van der Waals surface area contributed by atoms with Crippen LogP contribution in [0.2, 0.25) is 0 Å². The fraction of sp³-hybridized carbons (Fsp3) is 0.375. The quantitative estimate of drug-likeness (QED) is 0.510. The zero-order valence-electron chi connectivity index (χ0n) is 19.4. The van der Waals surface area contributed by atoms with Crippen molar-refractivity contribution in [1.82, 2.24) is 15.5 Å². The van der Waals surface area contributed by atoms with Gasteiger partial charge in [-0.15, -0.1) is 0 Å². The van der Waals surface area contributed by atoms with Crippen LogP contribution in [0.5, 0.6) is 5.75 Å². The molecule has 1 aliphatic rings. The van der Waals surface area contributed by atoms with Gasteiger partial charge < -0.3 is 14.6 Å². The van der Waals surface area contributed by atoms with E-state index in [0.717, 1.165) is 29.7 Å². The molecule has 0 saturated heterocycles. The van der Waals surface area contributed by atoms with Crippen LogP contribution in [-0.4, -0.2) is 22.8 Å². The average Bonchev–Trinajstić information content (AvgIpc) is 3.33. The third-order valence-corrected chi connectivity index (χ3v) is 4.96. The van der Waals surface area contributed by atoms with Gasteiger partial charge >= 0.3 is 0 Å². The molecule has 1 aliphatic carbocycles. The van der Waals surface area contributed by atoms with Gasteiger partial charge in [-0.1, -0.05) is 30.3 Å². The highest BCUT2D eigenvalue weighted by Gasteiger charge is 2.26. The Morgan fingerprint density at radius 2 is 2.23 bits per heavy atom. The predicted molar refractivity (Wildman–Crippen MR) is 117 cm³/mol. The van der Waals surface area contributed by atoms with Crippen LogP contribution >= 0.6 is 0 Å². The zero-order valence-corrected chi connectivity index (χ0v) is 17.4. The molecule has 2 aromatic carbocycles. The standard InChI is InChI=1S/C24H26N4O2/c1-5-13-26-20-11-10-17-18(20)7-6-8-19(17)23-27-24(30-28-23)16-9-12-22(29-15(2)3)21(14-16)25-4/h6-9,12,14-15,20,26H,5,10-11,13H2,1-3H3/t20-/m0/s1/i11D2. The lowest BCUT2D eigenvalue weighted by atomic mass is 10.0. The van der Waals surface area contributed by atoms with Gasteiger partial charge in [-0.3, -0.25) is 0 Å². The van der Waals surface area contributed by atoms with E-state index < -0.39 is 6.37 Å². The topological polar surface area (TPSA) is 64.5 Å². The van der Waals surface area contributed by atoms with E-state index >= 15 is 0 Å². The van der Waals surface area contributed by atoms with Crippen LogP contribution in [0, 0.1) is 6.57 Å². The minimum absolute atomic E-state index is 0.0339. The van der Waals surface area contributed by atoms with E-state index in [-0.39, 0.29) is 18.6 Å². The van der Waals surface area contributed by atoms with Gasteiger partial charge in [0.2, 0.25) is 11.5 Å². The van der Waals surface area contributed by atoms with Crippen LogP contribution < -0.4 is 10.1 Å². The van der Waals surface area contributed by atoms with Crippen molar-refractivity contribution in [2.45, 2.75) is 52.1 Å². The maximum absolute atomic E-state index is 8.52. The van der Waals surface area contributed by atoms with E-state index in [2.05, 4.69) is 27.2 Å². The number of aromatic nitrogens is 2. The fourth-order valence-electron chi connectivity index (χ4n) is 3.61. The van der Waals surface area contributed by atoms with Crippen LogP contribution in [0.1, 0.15) is 53.5 Å². The summed E-state index contributed by atoms with van der Waals surface area (Å²) in [7, 11) is 0. The lowest BCUT2D eigenvalue weighted by Gasteiger charge is -2.13. The van der Waals surface area contributed by atoms with E-state index in [9.17, 15) is 0 Å². The first-order chi connectivity index (χ1) is 15.3. The van der Waals surface area contributed by atoms with Gasteiger partial charge in [0, 0.05) is 19.9 Å². The molecule has 0 amide bonds. The van der Waals surface area contributed by atoms with Crippen LogP contribution in [0.4, 0.5) is 5.69 Å². The second kappa shape index (κ2) is 8.68. The smallest absolute Gasteiger partial charge is 0.256 e. The third-order valence-electron chi connectivity index (χ3n) is 4.96. The lowest BCUT2D eigenvalue weighted by molar-refractivity contribution is 0.244. The van der Waals surface area contributed by atoms with Gasteiger partial charge in [-0.25, -0.2) is 4.85 Å². The minimum Gasteiger partial charge on any atom is -0.502 e. The fourth-order valence-corrected chi connectivity index (χ4v) is 3.61. The molecule has 6 heteroatoms. The van der Waals surface area contributed by atoms with Crippen molar-refractivity contribution in [2.24, 2.45) is 0 Å². The minimum atomic E-state index is -1.39.